The molecule has 0 aliphatic carbocycles. The van der Waals surface area contributed by atoms with Gasteiger partial charge in [0.05, 0.1) is 5.69 Å². The van der Waals surface area contributed by atoms with Crippen LogP contribution >= 0.6 is 34.4 Å². The lowest BCUT2D eigenvalue weighted by Gasteiger charge is -2.20. The molecule has 1 aromatic carbocycles. The maximum atomic E-state index is 13.2. The number of thioether (sulfide) groups is 1. The number of primary amides is 1. The van der Waals surface area contributed by atoms with Gasteiger partial charge in [0.25, 0.3) is 5.91 Å². The van der Waals surface area contributed by atoms with Crippen LogP contribution in [0.4, 0.5) is 15.2 Å². The molecule has 1 unspecified atom stereocenters. The lowest BCUT2D eigenvalue weighted by molar-refractivity contribution is -0.119. The minimum absolute atomic E-state index is 0.0390. The Morgan fingerprint density at radius 1 is 1.27 bits per heavy atom. The van der Waals surface area contributed by atoms with Gasteiger partial charge < -0.3 is 5.73 Å². The maximum absolute atomic E-state index is 13.2. The van der Waals surface area contributed by atoms with Gasteiger partial charge in [-0.3, -0.25) is 19.9 Å². The first-order valence-corrected chi connectivity index (χ1v) is 11.4. The number of nitrogens with two attached hydrogens (primary N) is 1. The fraction of sp³-hybridized carbons (Fsp3) is 0.167. The number of carbonyl (C=O) groups is 2. The number of rotatable bonds is 7. The molecule has 1 aliphatic rings. The second kappa shape index (κ2) is 8.90. The Bertz CT molecular complexity index is 1080. The summed E-state index contributed by atoms with van der Waals surface area (Å²) in [5.41, 5.74) is 6.06. The summed E-state index contributed by atoms with van der Waals surface area (Å²) in [6, 6.07) is 8.64. The quantitative estimate of drug-likeness (QED) is 0.412. The molecule has 0 saturated heterocycles. The second-order valence-electron chi connectivity index (χ2n) is 6.19. The average molecular weight is 463 g/mol. The SMILES string of the molecule is NC(=O)C1CC(C(=O)Nc2nnc(SCc3cccs3)s2)=NN1c1ccc(F)cc1. The molecule has 154 valence electrons. The number of hydrogen-bond donors (Lipinski definition) is 2. The molecule has 4 rings (SSSR count). The first-order chi connectivity index (χ1) is 14.5. The predicted octanol–water partition coefficient (Wildman–Crippen LogP) is 3.09. The lowest BCUT2D eigenvalue weighted by atomic mass is 10.1. The molecule has 2 aromatic heterocycles. The summed E-state index contributed by atoms with van der Waals surface area (Å²) in [5, 5.41) is 18.6. The molecular weight excluding hydrogens is 447 g/mol. The van der Waals surface area contributed by atoms with Crippen molar-refractivity contribution in [3.63, 3.8) is 0 Å². The third kappa shape index (κ3) is 4.66. The van der Waals surface area contributed by atoms with Gasteiger partial charge in [-0.1, -0.05) is 29.2 Å². The highest BCUT2D eigenvalue weighted by molar-refractivity contribution is 8.00. The van der Waals surface area contributed by atoms with Crippen molar-refractivity contribution in [3.05, 3.63) is 52.5 Å². The molecule has 2 amide bonds. The van der Waals surface area contributed by atoms with Crippen LogP contribution in [0.5, 0.6) is 0 Å². The van der Waals surface area contributed by atoms with Gasteiger partial charge in [-0.15, -0.1) is 21.5 Å². The molecule has 1 aliphatic heterocycles. The number of aromatic nitrogens is 2. The highest BCUT2D eigenvalue weighted by atomic mass is 32.2. The van der Waals surface area contributed by atoms with Crippen LogP contribution in [-0.4, -0.2) is 33.8 Å². The number of nitrogens with zero attached hydrogens (tertiary/aromatic N) is 4. The number of amides is 2. The third-order valence-electron chi connectivity index (χ3n) is 4.14. The summed E-state index contributed by atoms with van der Waals surface area (Å²) in [5.74, 6) is -0.759. The Morgan fingerprint density at radius 2 is 2.07 bits per heavy atom. The van der Waals surface area contributed by atoms with E-state index < -0.39 is 23.7 Å². The van der Waals surface area contributed by atoms with E-state index in [1.54, 1.807) is 11.3 Å². The predicted molar refractivity (Wildman–Crippen MR) is 116 cm³/mol. The number of nitrogens with one attached hydrogen (secondary N) is 1. The Kier molecular flexibility index (Phi) is 6.06. The van der Waals surface area contributed by atoms with Gasteiger partial charge >= 0.3 is 0 Å². The molecule has 8 nitrogen and oxygen atoms in total. The number of hydrogen-bond acceptors (Lipinski definition) is 9. The zero-order chi connectivity index (χ0) is 21.1. The van der Waals surface area contributed by atoms with Crippen molar-refractivity contribution in [1.29, 1.82) is 0 Å². The van der Waals surface area contributed by atoms with Crippen molar-refractivity contribution < 1.29 is 14.0 Å². The average Bonchev–Trinajstić information content (AvgIpc) is 3.47. The summed E-state index contributed by atoms with van der Waals surface area (Å²) in [6.07, 6.45) is 0.0390. The maximum Gasteiger partial charge on any atom is 0.273 e. The van der Waals surface area contributed by atoms with Crippen molar-refractivity contribution in [2.75, 3.05) is 10.3 Å². The number of thiophene rings is 1. The van der Waals surface area contributed by atoms with Gasteiger partial charge in [-0.05, 0) is 35.7 Å². The zero-order valence-electron chi connectivity index (χ0n) is 15.3. The Balaban J connectivity index is 1.43. The minimum Gasteiger partial charge on any atom is -0.368 e. The fourth-order valence-corrected chi connectivity index (χ4v) is 5.24. The summed E-state index contributed by atoms with van der Waals surface area (Å²) < 4.78 is 13.9. The van der Waals surface area contributed by atoms with Crippen LogP contribution < -0.4 is 16.1 Å². The summed E-state index contributed by atoms with van der Waals surface area (Å²) in [4.78, 5) is 25.7. The summed E-state index contributed by atoms with van der Waals surface area (Å²) >= 11 is 4.46. The Morgan fingerprint density at radius 3 is 2.77 bits per heavy atom. The van der Waals surface area contributed by atoms with Crippen LogP contribution in [0.2, 0.25) is 0 Å². The molecule has 0 radical (unpaired) electrons. The largest absolute Gasteiger partial charge is 0.368 e. The van der Waals surface area contributed by atoms with Crippen LogP contribution in [0.3, 0.4) is 0 Å². The first-order valence-electron chi connectivity index (χ1n) is 8.71. The molecule has 0 saturated carbocycles. The van der Waals surface area contributed by atoms with E-state index >= 15 is 0 Å². The highest BCUT2D eigenvalue weighted by Crippen LogP contribution is 2.30. The van der Waals surface area contributed by atoms with Gasteiger partial charge in [0.2, 0.25) is 11.0 Å². The Hall–Kier alpha value is -2.83. The smallest absolute Gasteiger partial charge is 0.273 e. The van der Waals surface area contributed by atoms with Gasteiger partial charge in [-0.25, -0.2) is 4.39 Å². The van der Waals surface area contributed by atoms with E-state index in [9.17, 15) is 14.0 Å². The van der Waals surface area contributed by atoms with E-state index in [0.717, 1.165) is 10.1 Å². The first kappa shape index (κ1) is 20.4. The van der Waals surface area contributed by atoms with E-state index in [4.69, 9.17) is 5.73 Å². The Labute approximate surface area is 183 Å². The summed E-state index contributed by atoms with van der Waals surface area (Å²) in [7, 11) is 0. The fourth-order valence-electron chi connectivity index (χ4n) is 2.72. The lowest BCUT2D eigenvalue weighted by Crippen LogP contribution is -2.39. The number of anilines is 2. The number of benzene rings is 1. The van der Waals surface area contributed by atoms with Gasteiger partial charge in [0.1, 0.15) is 17.6 Å². The van der Waals surface area contributed by atoms with Crippen molar-refractivity contribution in [3.8, 4) is 0 Å². The van der Waals surface area contributed by atoms with E-state index in [1.165, 1.54) is 57.3 Å². The molecular formula is C18H15FN6O2S3. The molecule has 12 heteroatoms. The van der Waals surface area contributed by atoms with E-state index in [2.05, 4.69) is 20.6 Å². The van der Waals surface area contributed by atoms with Crippen LogP contribution in [0.25, 0.3) is 0 Å². The van der Waals surface area contributed by atoms with Gasteiger partial charge in [0, 0.05) is 17.1 Å². The molecule has 3 N–H and O–H groups in total. The van der Waals surface area contributed by atoms with Gasteiger partial charge in [0.15, 0.2) is 4.34 Å². The molecule has 3 heterocycles. The van der Waals surface area contributed by atoms with Crippen molar-refractivity contribution in [2.24, 2.45) is 10.8 Å². The number of halogens is 1. The number of hydrazone groups is 1. The minimum atomic E-state index is -0.831. The molecule has 0 spiro atoms. The van der Waals surface area contributed by atoms with Crippen LogP contribution in [-0.2, 0) is 15.3 Å². The third-order valence-corrected chi connectivity index (χ3v) is 7.22. The van der Waals surface area contributed by atoms with E-state index in [1.807, 2.05) is 17.5 Å². The molecule has 0 bridgehead atoms. The second-order valence-corrected chi connectivity index (χ2v) is 9.42. The molecule has 30 heavy (non-hydrogen) atoms. The molecule has 3 aromatic rings. The van der Waals surface area contributed by atoms with Crippen LogP contribution in [0, 0.1) is 5.82 Å². The topological polar surface area (TPSA) is 114 Å². The van der Waals surface area contributed by atoms with E-state index in [-0.39, 0.29) is 12.1 Å². The van der Waals surface area contributed by atoms with Crippen molar-refractivity contribution in [2.45, 2.75) is 22.6 Å². The van der Waals surface area contributed by atoms with Crippen molar-refractivity contribution in [1.82, 2.24) is 10.2 Å². The monoisotopic (exact) mass is 462 g/mol. The van der Waals surface area contributed by atoms with Crippen molar-refractivity contribution >= 4 is 62.8 Å². The normalized spacial score (nSPS) is 15.8. The number of carbonyl (C=O) groups excluding carboxylic acids is 2. The standard InChI is InChI=1S/C18H15FN6O2S3/c19-10-3-5-11(6-4-10)25-14(15(20)26)8-13(24-25)16(27)21-17-22-23-18(30-17)29-9-12-2-1-7-28-12/h1-7,14H,8-9H2,(H2,20,26)(H,21,22,27). The van der Waals surface area contributed by atoms with Crippen LogP contribution in [0.15, 0.2) is 51.2 Å². The van der Waals surface area contributed by atoms with Gasteiger partial charge in [-0.2, -0.15) is 5.10 Å². The highest BCUT2D eigenvalue weighted by Gasteiger charge is 2.35. The van der Waals surface area contributed by atoms with Crippen LogP contribution in [0.1, 0.15) is 11.3 Å². The molecule has 0 fully saturated rings. The summed E-state index contributed by atoms with van der Waals surface area (Å²) in [6.45, 7) is 0. The van der Waals surface area contributed by atoms with E-state index in [0.29, 0.717) is 10.8 Å². The molecule has 1 atom stereocenters. The zero-order valence-corrected chi connectivity index (χ0v) is 17.8.